The SMILES string of the molecule is CCCC[C@H](NC(N)=O)C(=O)N[C@@H](CC(=O)O)C(=O)N[C@@H](Cc1cnc[nH]1)C(=O)N1Cc2ccccc2C[C@@H]1C(=O)N[C@@H](CCCN=C(N)N)C(=O)N1Cc2ccccc2C[C@H]1C(=O)N[C@@H](CCCCN)C(=O)O. The number of aliphatic carboxylic acids is 2. The molecule has 7 atom stereocenters. The fraction of sp³-hybridized carbons (Fsp3) is 0.490. The first-order chi connectivity index (χ1) is 35.4. The highest BCUT2D eigenvalue weighted by molar-refractivity contribution is 5.98. The highest BCUT2D eigenvalue weighted by Gasteiger charge is 2.43. The molecule has 3 aromatic rings. The first-order valence-electron chi connectivity index (χ1n) is 24.6. The first-order valence-corrected chi connectivity index (χ1v) is 24.6. The van der Waals surface area contributed by atoms with E-state index in [1.165, 1.54) is 22.3 Å². The van der Waals surface area contributed by atoms with Gasteiger partial charge in [-0.25, -0.2) is 14.6 Å². The van der Waals surface area contributed by atoms with Crippen molar-refractivity contribution >= 4 is 59.4 Å². The number of benzene rings is 2. The number of hydrogen-bond donors (Lipinski definition) is 12. The zero-order valence-electron chi connectivity index (χ0n) is 41.3. The van der Waals surface area contributed by atoms with Crippen LogP contribution < -0.4 is 49.5 Å². The maximum Gasteiger partial charge on any atom is 0.326 e. The minimum Gasteiger partial charge on any atom is -0.481 e. The van der Waals surface area contributed by atoms with Gasteiger partial charge in [0, 0.05) is 50.8 Å². The molecule has 0 saturated carbocycles. The van der Waals surface area contributed by atoms with Gasteiger partial charge in [0.1, 0.15) is 42.3 Å². The van der Waals surface area contributed by atoms with Crippen LogP contribution in [0.5, 0.6) is 0 Å². The van der Waals surface area contributed by atoms with Gasteiger partial charge >= 0.3 is 18.0 Å². The number of unbranched alkanes of at least 4 members (excludes halogenated alkanes) is 2. The summed E-state index contributed by atoms with van der Waals surface area (Å²) in [4.78, 5) is 137. The second-order valence-electron chi connectivity index (χ2n) is 18.3. The van der Waals surface area contributed by atoms with Crippen molar-refractivity contribution < 1.29 is 53.4 Å². The lowest BCUT2D eigenvalue weighted by atomic mass is 9.91. The van der Waals surface area contributed by atoms with E-state index in [1.54, 1.807) is 42.5 Å². The zero-order valence-corrected chi connectivity index (χ0v) is 41.3. The van der Waals surface area contributed by atoms with Gasteiger partial charge < -0.3 is 74.5 Å². The third kappa shape index (κ3) is 16.2. The number of fused-ring (bicyclic) bond motifs is 2. The molecule has 8 amide bonds. The van der Waals surface area contributed by atoms with Crippen LogP contribution in [0.3, 0.4) is 0 Å². The molecule has 400 valence electrons. The monoisotopic (exact) mass is 1030 g/mol. The van der Waals surface area contributed by atoms with Crippen molar-refractivity contribution in [3.05, 3.63) is 89.0 Å². The highest BCUT2D eigenvalue weighted by Crippen LogP contribution is 2.28. The lowest BCUT2D eigenvalue weighted by Crippen LogP contribution is -2.63. The van der Waals surface area contributed by atoms with Crippen molar-refractivity contribution in [2.45, 2.75) is 139 Å². The van der Waals surface area contributed by atoms with Gasteiger partial charge in [0.15, 0.2) is 5.96 Å². The quantitative estimate of drug-likeness (QED) is 0.0242. The molecule has 3 heterocycles. The van der Waals surface area contributed by atoms with E-state index in [-0.39, 0.29) is 70.5 Å². The Kier molecular flexibility index (Phi) is 21.2. The molecule has 1 aromatic heterocycles. The van der Waals surface area contributed by atoms with E-state index in [0.717, 1.165) is 11.1 Å². The fourth-order valence-electron chi connectivity index (χ4n) is 9.02. The number of primary amides is 1. The Morgan fingerprint density at radius 3 is 1.72 bits per heavy atom. The number of imidazole rings is 1. The van der Waals surface area contributed by atoms with Crippen LogP contribution in [0.15, 0.2) is 66.0 Å². The van der Waals surface area contributed by atoms with Crippen LogP contribution >= 0.6 is 0 Å². The largest absolute Gasteiger partial charge is 0.481 e. The minimum atomic E-state index is -1.75. The molecule has 0 radical (unpaired) electrons. The molecule has 0 saturated heterocycles. The van der Waals surface area contributed by atoms with Crippen LogP contribution in [-0.4, -0.2) is 145 Å². The Morgan fingerprint density at radius 1 is 0.676 bits per heavy atom. The predicted octanol–water partition coefficient (Wildman–Crippen LogP) is -1.23. The molecule has 5 rings (SSSR count). The number of nitrogens with one attached hydrogen (secondary N) is 6. The van der Waals surface area contributed by atoms with Crippen molar-refractivity contribution in [1.82, 2.24) is 46.4 Å². The van der Waals surface area contributed by atoms with Crippen molar-refractivity contribution in [2.75, 3.05) is 13.1 Å². The van der Waals surface area contributed by atoms with Gasteiger partial charge in [-0.1, -0.05) is 68.3 Å². The minimum absolute atomic E-state index is 0.0311. The average Bonchev–Trinajstić information content (AvgIpc) is 3.89. The molecule has 0 bridgehead atoms. The third-order valence-electron chi connectivity index (χ3n) is 12.9. The number of aromatic nitrogens is 2. The van der Waals surface area contributed by atoms with Gasteiger partial charge in [-0.3, -0.25) is 38.6 Å². The molecule has 2 aromatic carbocycles. The molecular formula is C49H68N14O11. The number of carboxylic acids is 2. The summed E-state index contributed by atoms with van der Waals surface area (Å²) in [7, 11) is 0. The summed E-state index contributed by atoms with van der Waals surface area (Å²) in [5.41, 5.74) is 25.4. The number of hydrogen-bond acceptors (Lipinski definition) is 12. The van der Waals surface area contributed by atoms with Gasteiger partial charge in [0.05, 0.1) is 12.7 Å². The summed E-state index contributed by atoms with van der Waals surface area (Å²) in [6.07, 6.45) is 3.97. The van der Waals surface area contributed by atoms with Crippen LogP contribution in [0.25, 0.3) is 0 Å². The lowest BCUT2D eigenvalue weighted by Gasteiger charge is -2.40. The normalized spacial score (nSPS) is 16.8. The van der Waals surface area contributed by atoms with Gasteiger partial charge in [-0.15, -0.1) is 0 Å². The number of amides is 8. The number of H-pyrrole nitrogens is 1. The highest BCUT2D eigenvalue weighted by atomic mass is 16.4. The van der Waals surface area contributed by atoms with Crippen molar-refractivity contribution in [2.24, 2.45) is 27.9 Å². The Bertz CT molecular complexity index is 2500. The molecule has 25 nitrogen and oxygen atoms in total. The molecular weight excluding hydrogens is 961 g/mol. The molecule has 0 fully saturated rings. The molecule has 16 N–H and O–H groups in total. The first kappa shape index (κ1) is 56.8. The number of rotatable bonds is 27. The predicted molar refractivity (Wildman–Crippen MR) is 268 cm³/mol. The number of nitrogens with zero attached hydrogens (tertiary/aromatic N) is 4. The lowest BCUT2D eigenvalue weighted by molar-refractivity contribution is -0.149. The summed E-state index contributed by atoms with van der Waals surface area (Å²) < 4.78 is 0. The molecule has 0 unspecified atom stereocenters. The number of carboxylic acid groups (broad SMARTS) is 2. The number of carbonyl (C=O) groups excluding carboxylic acids is 7. The van der Waals surface area contributed by atoms with Crippen LogP contribution in [0, 0.1) is 0 Å². The molecule has 74 heavy (non-hydrogen) atoms. The van der Waals surface area contributed by atoms with Gasteiger partial charge in [0.25, 0.3) is 0 Å². The Hall–Kier alpha value is -8.09. The molecule has 0 aliphatic carbocycles. The van der Waals surface area contributed by atoms with Crippen LogP contribution in [-0.2, 0) is 70.7 Å². The molecule has 2 aliphatic heterocycles. The Labute approximate surface area is 427 Å². The van der Waals surface area contributed by atoms with E-state index in [9.17, 15) is 43.8 Å². The van der Waals surface area contributed by atoms with Gasteiger partial charge in [-0.2, -0.15) is 0 Å². The maximum absolute atomic E-state index is 15.1. The van der Waals surface area contributed by atoms with Crippen LogP contribution in [0.1, 0.15) is 92.7 Å². The number of guanidine groups is 1. The van der Waals surface area contributed by atoms with Crippen molar-refractivity contribution in [3.63, 3.8) is 0 Å². The molecule has 25 heteroatoms. The molecule has 2 aliphatic rings. The molecule has 0 spiro atoms. The van der Waals surface area contributed by atoms with Crippen molar-refractivity contribution in [3.8, 4) is 0 Å². The van der Waals surface area contributed by atoms with E-state index in [0.29, 0.717) is 49.0 Å². The number of aromatic amines is 1. The number of aliphatic imine (C=N–C) groups is 1. The number of nitrogens with two attached hydrogens (primary N) is 4. The summed E-state index contributed by atoms with van der Waals surface area (Å²) >= 11 is 0. The summed E-state index contributed by atoms with van der Waals surface area (Å²) in [5.74, 6) is -7.85. The summed E-state index contributed by atoms with van der Waals surface area (Å²) in [6.45, 7) is 2.01. The van der Waals surface area contributed by atoms with Gasteiger partial charge in [-0.05, 0) is 67.3 Å². The summed E-state index contributed by atoms with van der Waals surface area (Å²) in [5, 5.41) is 32.6. The zero-order chi connectivity index (χ0) is 53.9. The standard InChI is InChI=1S/C49H68N14O11/c1-2-3-15-33(61-49(53)74)41(66)59-36(23-40(64)65)42(67)60-37(22-32-24-54-27-56-32)46(71)63-26-31-14-7-5-11-28(31)20-38(63)43(68)57-34(17-10-19-55-48(51)52)45(70)62-25-30-13-6-4-12-29(30)21-39(62)44(69)58-35(47(72)73)16-8-9-18-50/h4-7,11-14,24,27,33-39H,2-3,8-10,15-23,25-26,50H2,1H3,(H,54,56)(H,57,68)(H,58,69)(H,59,66)(H,60,67)(H,64,65)(H,72,73)(H4,51,52,55)(H3,53,61,74)/t33-,34-,35-,36-,37-,38+,39-/m0/s1. The second kappa shape index (κ2) is 27.7. The van der Waals surface area contributed by atoms with Crippen molar-refractivity contribution in [1.29, 1.82) is 0 Å². The van der Waals surface area contributed by atoms with E-state index in [1.807, 2.05) is 13.0 Å². The number of carbonyl (C=O) groups is 9. The average molecular weight is 1030 g/mol. The van der Waals surface area contributed by atoms with E-state index >= 15 is 9.59 Å². The topological polar surface area (TPSA) is 406 Å². The third-order valence-corrected chi connectivity index (χ3v) is 12.9. The van der Waals surface area contributed by atoms with Gasteiger partial charge in [0.2, 0.25) is 35.4 Å². The second-order valence-corrected chi connectivity index (χ2v) is 18.3. The Balaban J connectivity index is 1.49. The van der Waals surface area contributed by atoms with E-state index in [4.69, 9.17) is 22.9 Å². The van der Waals surface area contributed by atoms with Crippen LogP contribution in [0.4, 0.5) is 4.79 Å². The maximum atomic E-state index is 15.1. The van der Waals surface area contributed by atoms with Crippen LogP contribution in [0.2, 0.25) is 0 Å². The smallest absolute Gasteiger partial charge is 0.326 e. The number of urea groups is 1. The Morgan fingerprint density at radius 2 is 1.20 bits per heavy atom. The summed E-state index contributed by atoms with van der Waals surface area (Å²) in [6, 6.07) is 3.61. The van der Waals surface area contributed by atoms with E-state index < -0.39 is 102 Å². The fourth-order valence-corrected chi connectivity index (χ4v) is 9.02. The van der Waals surface area contributed by atoms with E-state index in [2.05, 4.69) is 41.5 Å².